The first-order valence-electron chi connectivity index (χ1n) is 13.3. The zero-order valence-corrected chi connectivity index (χ0v) is 28.1. The van der Waals surface area contributed by atoms with Crippen LogP contribution >= 0.6 is 43.2 Å². The minimum atomic E-state index is -0.887. The van der Waals surface area contributed by atoms with E-state index in [2.05, 4.69) is 41.6 Å². The second-order valence-corrected chi connectivity index (χ2v) is 11.8. The van der Waals surface area contributed by atoms with Gasteiger partial charge >= 0.3 is 11.9 Å². The highest BCUT2D eigenvalue weighted by molar-refractivity contribution is 9.11. The fourth-order valence-corrected chi connectivity index (χ4v) is 6.94. The molecule has 1 aromatic heterocycles. The third-order valence-electron chi connectivity index (χ3n) is 6.27. The molecule has 0 spiro atoms. The molecule has 0 N–H and O–H groups in total. The van der Waals surface area contributed by atoms with E-state index in [4.69, 9.17) is 24.2 Å². The number of hydrogen-bond acceptors (Lipinski definition) is 11. The molecule has 3 aromatic rings. The first kappa shape index (κ1) is 33.0. The fraction of sp³-hybridized carbons (Fsp3) is 0.300. The van der Waals surface area contributed by atoms with Crippen molar-refractivity contribution in [2.75, 3.05) is 33.5 Å². The molecule has 0 saturated heterocycles. The van der Waals surface area contributed by atoms with E-state index in [0.29, 0.717) is 59.0 Å². The summed E-state index contributed by atoms with van der Waals surface area (Å²) in [4.78, 5) is 44.0. The molecule has 0 fully saturated rings. The Hall–Kier alpha value is -3.93. The molecule has 0 unspecified atom stereocenters. The summed E-state index contributed by atoms with van der Waals surface area (Å²) in [5.41, 5.74) is 1.49. The van der Waals surface area contributed by atoms with Crippen LogP contribution in [0, 0.1) is 11.3 Å². The van der Waals surface area contributed by atoms with E-state index in [1.165, 1.54) is 23.0 Å². The minimum absolute atomic E-state index is 0.124. The summed E-state index contributed by atoms with van der Waals surface area (Å²) < 4.78 is 29.9. The highest BCUT2D eigenvalue weighted by atomic mass is 79.9. The van der Waals surface area contributed by atoms with Gasteiger partial charge in [0.25, 0.3) is 5.56 Å². The standard InChI is InChI=1S/C30H27Br2N3O8S/c1-5-40-22-14-18(7-8-21(22)43-15-24(36)39-4)26-25(29(38)41-6-2)16(3)34-30-35(26)28(37)23(44-30)13-17-11-19(31)27(20(32)12-17)42-10-9-33/h7-8,11-14,26H,5-6,10,15H2,1-4H3/b23-13-/t26-/m1/s1. The fourth-order valence-electron chi connectivity index (χ4n) is 4.44. The number of ether oxygens (including phenoxy) is 5. The van der Waals surface area contributed by atoms with Crippen molar-refractivity contribution in [1.82, 2.24) is 4.57 Å². The molecule has 0 aliphatic carbocycles. The minimum Gasteiger partial charge on any atom is -0.490 e. The van der Waals surface area contributed by atoms with Crippen molar-refractivity contribution >= 4 is 61.2 Å². The molecule has 14 heteroatoms. The van der Waals surface area contributed by atoms with Crippen molar-refractivity contribution in [3.63, 3.8) is 0 Å². The van der Waals surface area contributed by atoms with Crippen LogP contribution < -0.4 is 29.1 Å². The van der Waals surface area contributed by atoms with Crippen molar-refractivity contribution in [3.05, 3.63) is 81.4 Å². The van der Waals surface area contributed by atoms with Gasteiger partial charge in [-0.1, -0.05) is 17.4 Å². The van der Waals surface area contributed by atoms with Crippen molar-refractivity contribution in [1.29, 1.82) is 5.26 Å². The summed E-state index contributed by atoms with van der Waals surface area (Å²) in [6, 6.07) is 9.56. The number of benzene rings is 2. The van der Waals surface area contributed by atoms with E-state index in [1.54, 1.807) is 57.2 Å². The lowest BCUT2D eigenvalue weighted by atomic mass is 9.95. The van der Waals surface area contributed by atoms with Crippen LogP contribution in [0.25, 0.3) is 6.08 Å². The number of carbonyl (C=O) groups excluding carboxylic acids is 2. The maximum atomic E-state index is 14.0. The molecular formula is C30H27Br2N3O8S. The van der Waals surface area contributed by atoms with Crippen molar-refractivity contribution in [2.45, 2.75) is 26.8 Å². The number of esters is 2. The third-order valence-corrected chi connectivity index (χ3v) is 8.43. The zero-order chi connectivity index (χ0) is 32.0. The zero-order valence-electron chi connectivity index (χ0n) is 24.1. The average Bonchev–Trinajstić information content (AvgIpc) is 3.29. The van der Waals surface area contributed by atoms with E-state index in [0.717, 1.165) is 0 Å². The Morgan fingerprint density at radius 2 is 1.82 bits per heavy atom. The third kappa shape index (κ3) is 7.06. The number of halogens is 2. The van der Waals surface area contributed by atoms with Gasteiger partial charge in [0, 0.05) is 0 Å². The second-order valence-electron chi connectivity index (χ2n) is 9.07. The van der Waals surface area contributed by atoms with E-state index in [1.807, 2.05) is 6.07 Å². The molecule has 4 rings (SSSR count). The number of methoxy groups -OCH3 is 1. The molecule has 0 amide bonds. The Bertz CT molecular complexity index is 1840. The highest BCUT2D eigenvalue weighted by Gasteiger charge is 2.34. The lowest BCUT2D eigenvalue weighted by Gasteiger charge is -2.25. The number of rotatable bonds is 11. The summed E-state index contributed by atoms with van der Waals surface area (Å²) >= 11 is 8.10. The Morgan fingerprint density at radius 1 is 1.09 bits per heavy atom. The van der Waals surface area contributed by atoms with Crippen LogP contribution in [0.15, 0.2) is 60.3 Å². The number of fused-ring (bicyclic) bond motifs is 1. The van der Waals surface area contributed by atoms with Crippen LogP contribution in [-0.2, 0) is 19.1 Å². The first-order valence-corrected chi connectivity index (χ1v) is 15.7. The van der Waals surface area contributed by atoms with Gasteiger partial charge in [-0.3, -0.25) is 9.36 Å². The van der Waals surface area contributed by atoms with Crippen LogP contribution in [-0.4, -0.2) is 50.0 Å². The predicted molar refractivity (Wildman–Crippen MR) is 168 cm³/mol. The molecule has 230 valence electrons. The monoisotopic (exact) mass is 747 g/mol. The molecule has 1 atom stereocenters. The molecule has 0 radical (unpaired) electrons. The van der Waals surface area contributed by atoms with Gasteiger partial charge in [0.2, 0.25) is 0 Å². The summed E-state index contributed by atoms with van der Waals surface area (Å²) in [6.45, 7) is 5.18. The molecule has 44 heavy (non-hydrogen) atoms. The summed E-state index contributed by atoms with van der Waals surface area (Å²) in [5, 5.41) is 8.86. The Balaban J connectivity index is 1.88. The van der Waals surface area contributed by atoms with Gasteiger partial charge in [-0.05, 0) is 94.1 Å². The predicted octanol–water partition coefficient (Wildman–Crippen LogP) is 4.18. The lowest BCUT2D eigenvalue weighted by Crippen LogP contribution is -2.40. The molecule has 0 saturated carbocycles. The molecule has 11 nitrogen and oxygen atoms in total. The number of aromatic nitrogens is 1. The van der Waals surface area contributed by atoms with Gasteiger partial charge in [0.1, 0.15) is 11.8 Å². The summed E-state index contributed by atoms with van der Waals surface area (Å²) in [6.07, 6.45) is 1.71. The number of carbonyl (C=O) groups is 2. The SMILES string of the molecule is CCOC(=O)C1=C(C)N=c2s/c(=C\c3cc(Br)c(OCC#N)c(Br)c3)c(=O)n2[C@@H]1c1ccc(OCC(=O)OC)c(OCC)c1. The van der Waals surface area contributed by atoms with E-state index in [-0.39, 0.29) is 31.0 Å². The van der Waals surface area contributed by atoms with Crippen molar-refractivity contribution in [2.24, 2.45) is 4.99 Å². The highest BCUT2D eigenvalue weighted by Crippen LogP contribution is 2.37. The van der Waals surface area contributed by atoms with Gasteiger partial charge in [-0.2, -0.15) is 5.26 Å². The lowest BCUT2D eigenvalue weighted by molar-refractivity contribution is -0.143. The summed E-state index contributed by atoms with van der Waals surface area (Å²) in [5.74, 6) is -0.0792. The largest absolute Gasteiger partial charge is 0.490 e. The molecule has 2 aromatic carbocycles. The maximum Gasteiger partial charge on any atom is 0.343 e. The van der Waals surface area contributed by atoms with E-state index < -0.39 is 18.0 Å². The number of hydrogen-bond donors (Lipinski definition) is 0. The quantitative estimate of drug-likeness (QED) is 0.265. The molecule has 0 bridgehead atoms. The van der Waals surface area contributed by atoms with Crippen molar-refractivity contribution < 1.29 is 33.3 Å². The maximum absolute atomic E-state index is 14.0. The first-order chi connectivity index (χ1) is 21.1. The van der Waals surface area contributed by atoms with E-state index in [9.17, 15) is 14.4 Å². The van der Waals surface area contributed by atoms with Gasteiger partial charge in [0.15, 0.2) is 29.5 Å². The molecule has 1 aliphatic rings. The number of nitrogens with zero attached hydrogens (tertiary/aromatic N) is 3. The van der Waals surface area contributed by atoms with Gasteiger partial charge in [0.05, 0.1) is 51.1 Å². The van der Waals surface area contributed by atoms with Gasteiger partial charge < -0.3 is 23.7 Å². The normalized spacial score (nSPS) is 14.3. The number of thiazole rings is 1. The van der Waals surface area contributed by atoms with Gasteiger partial charge in [-0.25, -0.2) is 14.6 Å². The number of nitriles is 1. The molecular weight excluding hydrogens is 722 g/mol. The number of allylic oxidation sites excluding steroid dienone is 1. The van der Waals surface area contributed by atoms with E-state index >= 15 is 0 Å². The van der Waals surface area contributed by atoms with Crippen LogP contribution in [0.5, 0.6) is 17.2 Å². The topological polar surface area (TPSA) is 138 Å². The van der Waals surface area contributed by atoms with Crippen LogP contribution in [0.4, 0.5) is 0 Å². The smallest absolute Gasteiger partial charge is 0.343 e. The summed E-state index contributed by atoms with van der Waals surface area (Å²) in [7, 11) is 1.26. The Labute approximate surface area is 273 Å². The van der Waals surface area contributed by atoms with Gasteiger partial charge in [-0.15, -0.1) is 0 Å². The van der Waals surface area contributed by atoms with Crippen molar-refractivity contribution in [3.8, 4) is 23.3 Å². The van der Waals surface area contributed by atoms with Crippen LogP contribution in [0.1, 0.15) is 37.9 Å². The second kappa shape index (κ2) is 14.7. The van der Waals surface area contributed by atoms with Crippen LogP contribution in [0.3, 0.4) is 0 Å². The molecule has 1 aliphatic heterocycles. The average molecular weight is 749 g/mol. The Kier molecular flexibility index (Phi) is 11.0. The Morgan fingerprint density at radius 3 is 2.45 bits per heavy atom. The van der Waals surface area contributed by atoms with Crippen LogP contribution in [0.2, 0.25) is 0 Å². The molecule has 2 heterocycles.